The van der Waals surface area contributed by atoms with Crippen molar-refractivity contribution in [1.29, 1.82) is 0 Å². The molecule has 2 rings (SSSR count). The zero-order valence-corrected chi connectivity index (χ0v) is 8.74. The number of hydrogen-bond acceptors (Lipinski definition) is 4. The van der Waals surface area contributed by atoms with Gasteiger partial charge < -0.3 is 5.11 Å². The summed E-state index contributed by atoms with van der Waals surface area (Å²) in [6, 6.07) is 0. The molecule has 84 valence electrons. The van der Waals surface area contributed by atoms with Gasteiger partial charge in [-0.1, -0.05) is 5.21 Å². The van der Waals surface area contributed by atoms with Crippen molar-refractivity contribution in [1.82, 2.24) is 24.8 Å². The van der Waals surface area contributed by atoms with Gasteiger partial charge in [0.25, 0.3) is 0 Å². The second-order valence-electron chi connectivity index (χ2n) is 3.31. The van der Waals surface area contributed by atoms with Gasteiger partial charge in [0.05, 0.1) is 18.9 Å². The Kier molecular flexibility index (Phi) is 2.67. The number of carboxylic acid groups (broad SMARTS) is 1. The minimum Gasteiger partial charge on any atom is -0.476 e. The van der Waals surface area contributed by atoms with Crippen molar-refractivity contribution in [3.05, 3.63) is 29.8 Å². The third-order valence-electron chi connectivity index (χ3n) is 2.11. The maximum atomic E-state index is 10.6. The molecule has 0 aliphatic heterocycles. The maximum absolute atomic E-state index is 10.6. The third-order valence-corrected chi connectivity index (χ3v) is 2.11. The number of aromatic carboxylic acids is 1. The van der Waals surface area contributed by atoms with Crippen LogP contribution in [0.1, 0.15) is 23.0 Å². The molecule has 7 heteroatoms. The average Bonchev–Trinajstić information content (AvgIpc) is 2.87. The molecular formula is C9H11N5O2. The van der Waals surface area contributed by atoms with Crippen molar-refractivity contribution >= 4 is 5.97 Å². The smallest absolute Gasteiger partial charge is 0.358 e. The summed E-state index contributed by atoms with van der Waals surface area (Å²) in [5.41, 5.74) is 0.909. The molecule has 2 aromatic rings. The van der Waals surface area contributed by atoms with Gasteiger partial charge in [-0.3, -0.25) is 4.68 Å². The first-order valence-electron chi connectivity index (χ1n) is 4.84. The van der Waals surface area contributed by atoms with E-state index >= 15 is 0 Å². The van der Waals surface area contributed by atoms with Crippen LogP contribution in [0.5, 0.6) is 0 Å². The second-order valence-corrected chi connectivity index (χ2v) is 3.31. The molecule has 0 bridgehead atoms. The van der Waals surface area contributed by atoms with Gasteiger partial charge in [0, 0.05) is 18.3 Å². The largest absolute Gasteiger partial charge is 0.476 e. The van der Waals surface area contributed by atoms with Crippen molar-refractivity contribution in [2.75, 3.05) is 0 Å². The fourth-order valence-corrected chi connectivity index (χ4v) is 1.32. The fourth-order valence-electron chi connectivity index (χ4n) is 1.32. The average molecular weight is 221 g/mol. The van der Waals surface area contributed by atoms with E-state index in [1.807, 2.05) is 13.1 Å². The number of carboxylic acids is 1. The van der Waals surface area contributed by atoms with E-state index < -0.39 is 5.97 Å². The van der Waals surface area contributed by atoms with E-state index in [4.69, 9.17) is 5.11 Å². The predicted molar refractivity (Wildman–Crippen MR) is 54.0 cm³/mol. The van der Waals surface area contributed by atoms with Crippen LogP contribution >= 0.6 is 0 Å². The van der Waals surface area contributed by atoms with E-state index in [1.165, 1.54) is 10.9 Å². The van der Waals surface area contributed by atoms with Crippen LogP contribution < -0.4 is 0 Å². The van der Waals surface area contributed by atoms with Gasteiger partial charge in [-0.2, -0.15) is 5.10 Å². The molecule has 16 heavy (non-hydrogen) atoms. The van der Waals surface area contributed by atoms with Gasteiger partial charge in [-0.05, 0) is 6.92 Å². The van der Waals surface area contributed by atoms with E-state index in [-0.39, 0.29) is 5.69 Å². The Morgan fingerprint density at radius 1 is 1.44 bits per heavy atom. The molecule has 0 aliphatic carbocycles. The minimum absolute atomic E-state index is 0.0529. The van der Waals surface area contributed by atoms with Gasteiger partial charge >= 0.3 is 5.97 Å². The first-order chi connectivity index (χ1) is 7.69. The molecule has 0 fully saturated rings. The number of aromatic nitrogens is 5. The van der Waals surface area contributed by atoms with Gasteiger partial charge in [0.15, 0.2) is 5.69 Å². The highest BCUT2D eigenvalue weighted by atomic mass is 16.4. The Morgan fingerprint density at radius 2 is 2.25 bits per heavy atom. The lowest BCUT2D eigenvalue weighted by Gasteiger charge is -1.95. The molecule has 0 aromatic carbocycles. The highest BCUT2D eigenvalue weighted by Gasteiger charge is 2.08. The molecule has 7 nitrogen and oxygen atoms in total. The summed E-state index contributed by atoms with van der Waals surface area (Å²) in [6.45, 7) is 3.27. The summed E-state index contributed by atoms with van der Waals surface area (Å²) in [4.78, 5) is 10.6. The van der Waals surface area contributed by atoms with Crippen molar-refractivity contribution in [3.63, 3.8) is 0 Å². The summed E-state index contributed by atoms with van der Waals surface area (Å²) in [5.74, 6) is -1.07. The van der Waals surface area contributed by atoms with E-state index in [9.17, 15) is 4.79 Å². The number of nitrogens with zero attached hydrogens (tertiary/aromatic N) is 5. The molecule has 0 amide bonds. The topological polar surface area (TPSA) is 85.8 Å². The van der Waals surface area contributed by atoms with E-state index in [0.29, 0.717) is 6.54 Å². The summed E-state index contributed by atoms with van der Waals surface area (Å²) < 4.78 is 3.27. The summed E-state index contributed by atoms with van der Waals surface area (Å²) in [5, 5.41) is 20.0. The van der Waals surface area contributed by atoms with Crippen molar-refractivity contribution in [2.45, 2.75) is 20.0 Å². The Bertz CT molecular complexity index is 501. The van der Waals surface area contributed by atoms with Crippen LogP contribution in [-0.4, -0.2) is 35.9 Å². The normalized spacial score (nSPS) is 10.6. The first-order valence-corrected chi connectivity index (χ1v) is 4.84. The molecule has 0 unspecified atom stereocenters. The van der Waals surface area contributed by atoms with Gasteiger partial charge in [0.1, 0.15) is 0 Å². The molecule has 0 radical (unpaired) electrons. The second kappa shape index (κ2) is 4.13. The molecule has 1 N–H and O–H groups in total. The van der Waals surface area contributed by atoms with E-state index in [0.717, 1.165) is 12.1 Å². The maximum Gasteiger partial charge on any atom is 0.358 e. The molecule has 0 saturated carbocycles. The van der Waals surface area contributed by atoms with Crippen LogP contribution in [0.15, 0.2) is 18.6 Å². The molecular weight excluding hydrogens is 210 g/mol. The summed E-state index contributed by atoms with van der Waals surface area (Å²) in [6.07, 6.45) is 5.01. The standard InChI is InChI=1S/C9H11N5O2/c1-2-13-4-7(3-10-13)5-14-6-8(9(15)16)11-12-14/h3-4,6H,2,5H2,1H3,(H,15,16). The number of aryl methyl sites for hydroxylation is 1. The van der Waals surface area contributed by atoms with Crippen LogP contribution in [0.2, 0.25) is 0 Å². The van der Waals surface area contributed by atoms with Crippen LogP contribution in [0.25, 0.3) is 0 Å². The number of rotatable bonds is 4. The lowest BCUT2D eigenvalue weighted by Crippen LogP contribution is -2.00. The third kappa shape index (κ3) is 2.08. The van der Waals surface area contributed by atoms with Crippen molar-refractivity contribution in [2.24, 2.45) is 0 Å². The molecule has 0 saturated heterocycles. The van der Waals surface area contributed by atoms with Gasteiger partial charge in [0.2, 0.25) is 0 Å². The predicted octanol–water partition coefficient (Wildman–Crippen LogP) is 0.241. The van der Waals surface area contributed by atoms with Crippen LogP contribution in [-0.2, 0) is 13.1 Å². The highest BCUT2D eigenvalue weighted by Crippen LogP contribution is 2.01. The number of hydrogen-bond donors (Lipinski definition) is 1. The zero-order valence-electron chi connectivity index (χ0n) is 8.74. The SMILES string of the molecule is CCn1cc(Cn2cc(C(=O)O)nn2)cn1. The lowest BCUT2D eigenvalue weighted by atomic mass is 10.3. The molecule has 0 aliphatic rings. The highest BCUT2D eigenvalue weighted by molar-refractivity contribution is 5.84. The molecule has 2 aromatic heterocycles. The molecule has 0 atom stereocenters. The Labute approximate surface area is 91.3 Å². The Balaban J connectivity index is 2.11. The quantitative estimate of drug-likeness (QED) is 0.799. The van der Waals surface area contributed by atoms with E-state index in [2.05, 4.69) is 15.4 Å². The van der Waals surface area contributed by atoms with Crippen molar-refractivity contribution < 1.29 is 9.90 Å². The minimum atomic E-state index is -1.07. The Morgan fingerprint density at radius 3 is 2.81 bits per heavy atom. The lowest BCUT2D eigenvalue weighted by molar-refractivity contribution is 0.0690. The van der Waals surface area contributed by atoms with Crippen molar-refractivity contribution in [3.8, 4) is 0 Å². The van der Waals surface area contributed by atoms with Gasteiger partial charge in [-0.15, -0.1) is 5.10 Å². The number of carbonyl (C=O) groups is 1. The van der Waals surface area contributed by atoms with Gasteiger partial charge in [-0.25, -0.2) is 9.48 Å². The fraction of sp³-hybridized carbons (Fsp3) is 0.333. The van der Waals surface area contributed by atoms with Crippen LogP contribution in [0.3, 0.4) is 0 Å². The summed E-state index contributed by atoms with van der Waals surface area (Å²) >= 11 is 0. The zero-order chi connectivity index (χ0) is 11.5. The Hall–Kier alpha value is -2.18. The molecule has 0 spiro atoms. The monoisotopic (exact) mass is 221 g/mol. The molecule has 2 heterocycles. The van der Waals surface area contributed by atoms with E-state index in [1.54, 1.807) is 10.9 Å². The first kappa shape index (κ1) is 10.3. The van der Waals surface area contributed by atoms with Crippen LogP contribution in [0, 0.1) is 0 Å². The van der Waals surface area contributed by atoms with Crippen LogP contribution in [0.4, 0.5) is 0 Å². The summed E-state index contributed by atoms with van der Waals surface area (Å²) in [7, 11) is 0.